The van der Waals surface area contributed by atoms with Gasteiger partial charge in [0.1, 0.15) is 19.3 Å². The average Bonchev–Trinajstić information content (AvgIpc) is 1.15. The standard InChI is InChI=1S/C82H160O17P2/c1-8-9-10-11-12-13-14-15-25-31-36-43-51-58-65-82(87)99-78(70-93-80(85)64-57-50-45-38-41-48-55-62-75(6)7)72-97-101(90,91)95-68-76(83)67-94-100(88,89)96-71-77(69-92-79(84)63-56-49-42-35-30-27-22-24-29-34-40-47-54-61-74(4)5)98-81(86)66-59-52-44-37-32-26-21-19-17-16-18-20-23-28-33-39-46-53-60-73(2)3/h73-78,83H,8-72H2,1-7H3,(H,88,89)(H,90,91)/t76-,77-,78-/m1/s1. The molecule has 0 heterocycles. The number of aliphatic hydroxyl groups excluding tert-OH is 1. The highest BCUT2D eigenvalue weighted by molar-refractivity contribution is 7.47. The fraction of sp³-hybridized carbons (Fsp3) is 0.951. The Balaban J connectivity index is 5.23. The number of rotatable bonds is 80. The summed E-state index contributed by atoms with van der Waals surface area (Å²) in [5.74, 6) is 0.207. The molecule has 19 heteroatoms. The van der Waals surface area contributed by atoms with Gasteiger partial charge >= 0.3 is 39.5 Å². The largest absolute Gasteiger partial charge is 0.472 e. The van der Waals surface area contributed by atoms with Gasteiger partial charge in [0.15, 0.2) is 12.2 Å². The molecule has 2 unspecified atom stereocenters. The molecule has 0 radical (unpaired) electrons. The summed E-state index contributed by atoms with van der Waals surface area (Å²) in [6.07, 6.45) is 61.1. The third kappa shape index (κ3) is 76.1. The minimum absolute atomic E-state index is 0.107. The fourth-order valence-corrected chi connectivity index (χ4v) is 14.2. The van der Waals surface area contributed by atoms with E-state index in [-0.39, 0.29) is 25.7 Å². The van der Waals surface area contributed by atoms with Crippen LogP contribution in [-0.4, -0.2) is 96.7 Å². The summed E-state index contributed by atoms with van der Waals surface area (Å²) >= 11 is 0. The number of phosphoric ester groups is 2. The van der Waals surface area contributed by atoms with Crippen LogP contribution in [0, 0.1) is 17.8 Å². The van der Waals surface area contributed by atoms with Gasteiger partial charge in [-0.1, -0.05) is 376 Å². The van der Waals surface area contributed by atoms with E-state index >= 15 is 0 Å². The number of hydrogen-bond donors (Lipinski definition) is 3. The van der Waals surface area contributed by atoms with E-state index in [0.29, 0.717) is 31.6 Å². The molecule has 0 aliphatic heterocycles. The molecule has 0 spiro atoms. The highest BCUT2D eigenvalue weighted by atomic mass is 31.2. The summed E-state index contributed by atoms with van der Waals surface area (Å²) in [6, 6.07) is 0. The summed E-state index contributed by atoms with van der Waals surface area (Å²) in [5, 5.41) is 10.6. The van der Waals surface area contributed by atoms with Crippen molar-refractivity contribution in [2.75, 3.05) is 39.6 Å². The molecule has 17 nitrogen and oxygen atoms in total. The highest BCUT2D eigenvalue weighted by Crippen LogP contribution is 2.45. The number of aliphatic hydroxyl groups is 1. The lowest BCUT2D eigenvalue weighted by molar-refractivity contribution is -0.161. The van der Waals surface area contributed by atoms with Gasteiger partial charge in [0.2, 0.25) is 0 Å². The first-order valence-electron chi connectivity index (χ1n) is 42.3. The first-order chi connectivity index (χ1) is 48.7. The number of carbonyl (C=O) groups is 4. The molecule has 3 N–H and O–H groups in total. The minimum Gasteiger partial charge on any atom is -0.462 e. The Labute approximate surface area is 619 Å². The molecule has 0 saturated heterocycles. The van der Waals surface area contributed by atoms with Crippen LogP contribution in [0.1, 0.15) is 427 Å². The quantitative estimate of drug-likeness (QED) is 0.0222. The van der Waals surface area contributed by atoms with E-state index in [1.807, 2.05) is 0 Å². The lowest BCUT2D eigenvalue weighted by atomic mass is 10.0. The third-order valence-corrected chi connectivity index (χ3v) is 21.0. The van der Waals surface area contributed by atoms with Gasteiger partial charge in [-0.2, -0.15) is 0 Å². The zero-order chi connectivity index (χ0) is 74.4. The SMILES string of the molecule is CCCCCCCCCCCCCCCCC(=O)O[C@H](COC(=O)CCCCCCCCCC(C)C)COP(=O)(O)OC[C@H](O)COP(=O)(O)OC[C@@H](COC(=O)CCCCCCCCCCCCCCCC(C)C)OC(=O)CCCCCCCCCCCCCCCCCCCCC(C)C. The van der Waals surface area contributed by atoms with Gasteiger partial charge in [0.25, 0.3) is 0 Å². The Kier molecular flexibility index (Phi) is 70.9. The molecule has 5 atom stereocenters. The van der Waals surface area contributed by atoms with Crippen molar-refractivity contribution in [3.05, 3.63) is 0 Å². The molecular weight excluding hydrogens is 1320 g/mol. The highest BCUT2D eigenvalue weighted by Gasteiger charge is 2.30. The predicted octanol–water partition coefficient (Wildman–Crippen LogP) is 24.5. The molecule has 0 aliphatic rings. The van der Waals surface area contributed by atoms with Crippen molar-refractivity contribution in [3.63, 3.8) is 0 Å². The Bertz CT molecular complexity index is 1960. The first-order valence-corrected chi connectivity index (χ1v) is 45.3. The van der Waals surface area contributed by atoms with Crippen molar-refractivity contribution in [3.8, 4) is 0 Å². The van der Waals surface area contributed by atoms with Gasteiger partial charge < -0.3 is 33.8 Å². The van der Waals surface area contributed by atoms with Crippen molar-refractivity contribution >= 4 is 39.5 Å². The molecule has 0 bridgehead atoms. The second-order valence-electron chi connectivity index (χ2n) is 30.9. The van der Waals surface area contributed by atoms with Crippen LogP contribution in [0.3, 0.4) is 0 Å². The Morgan fingerprint density at radius 2 is 0.455 bits per heavy atom. The molecular formula is C82H160O17P2. The molecule has 0 aromatic heterocycles. The monoisotopic (exact) mass is 1480 g/mol. The van der Waals surface area contributed by atoms with E-state index in [0.717, 1.165) is 108 Å². The number of unbranched alkanes of at least 4 members (excludes halogenated alkanes) is 48. The third-order valence-electron chi connectivity index (χ3n) is 19.1. The van der Waals surface area contributed by atoms with Gasteiger partial charge in [-0.25, -0.2) is 9.13 Å². The maximum Gasteiger partial charge on any atom is 0.472 e. The van der Waals surface area contributed by atoms with Crippen molar-refractivity contribution in [2.24, 2.45) is 17.8 Å². The topological polar surface area (TPSA) is 237 Å². The molecule has 0 aliphatic carbocycles. The van der Waals surface area contributed by atoms with Gasteiger partial charge in [-0.3, -0.25) is 37.3 Å². The van der Waals surface area contributed by atoms with E-state index in [2.05, 4.69) is 48.5 Å². The molecule has 0 aromatic carbocycles. The van der Waals surface area contributed by atoms with Crippen LogP contribution in [0.2, 0.25) is 0 Å². The maximum atomic E-state index is 13.1. The van der Waals surface area contributed by atoms with Crippen LogP contribution in [0.15, 0.2) is 0 Å². The fourth-order valence-electron chi connectivity index (χ4n) is 12.7. The number of esters is 4. The van der Waals surface area contributed by atoms with Gasteiger partial charge in [-0.05, 0) is 43.4 Å². The lowest BCUT2D eigenvalue weighted by Crippen LogP contribution is -2.30. The summed E-state index contributed by atoms with van der Waals surface area (Å²) in [6.45, 7) is 11.9. The van der Waals surface area contributed by atoms with Gasteiger partial charge in [0.05, 0.1) is 26.4 Å². The summed E-state index contributed by atoms with van der Waals surface area (Å²) in [5.41, 5.74) is 0. The van der Waals surface area contributed by atoms with E-state index in [1.54, 1.807) is 0 Å². The Hall–Kier alpha value is -1.94. The van der Waals surface area contributed by atoms with Crippen LogP contribution in [0.25, 0.3) is 0 Å². The van der Waals surface area contributed by atoms with Crippen LogP contribution < -0.4 is 0 Å². The number of carbonyl (C=O) groups excluding carboxylic acids is 4. The van der Waals surface area contributed by atoms with Crippen molar-refractivity contribution in [1.29, 1.82) is 0 Å². The molecule has 0 aromatic rings. The van der Waals surface area contributed by atoms with Crippen LogP contribution in [-0.2, 0) is 65.4 Å². The van der Waals surface area contributed by atoms with E-state index < -0.39 is 97.5 Å². The number of phosphoric acid groups is 2. The van der Waals surface area contributed by atoms with Crippen molar-refractivity contribution in [1.82, 2.24) is 0 Å². The summed E-state index contributed by atoms with van der Waals surface area (Å²) in [7, 11) is -9.92. The molecule has 0 fully saturated rings. The molecule has 0 amide bonds. The molecule has 600 valence electrons. The van der Waals surface area contributed by atoms with Gasteiger partial charge in [0, 0.05) is 25.7 Å². The predicted molar refractivity (Wildman–Crippen MR) is 414 cm³/mol. The van der Waals surface area contributed by atoms with Gasteiger partial charge in [-0.15, -0.1) is 0 Å². The van der Waals surface area contributed by atoms with E-state index in [4.69, 9.17) is 37.0 Å². The normalized spacial score (nSPS) is 14.0. The molecule has 0 saturated carbocycles. The van der Waals surface area contributed by atoms with Crippen molar-refractivity contribution in [2.45, 2.75) is 446 Å². The second-order valence-corrected chi connectivity index (χ2v) is 33.8. The van der Waals surface area contributed by atoms with Crippen LogP contribution >= 0.6 is 15.6 Å². The van der Waals surface area contributed by atoms with Crippen LogP contribution in [0.4, 0.5) is 0 Å². The number of ether oxygens (including phenoxy) is 4. The van der Waals surface area contributed by atoms with E-state index in [1.165, 1.54) is 231 Å². The van der Waals surface area contributed by atoms with Crippen LogP contribution in [0.5, 0.6) is 0 Å². The molecule has 0 rings (SSSR count). The minimum atomic E-state index is -4.96. The smallest absolute Gasteiger partial charge is 0.462 e. The number of hydrogen-bond acceptors (Lipinski definition) is 15. The summed E-state index contributed by atoms with van der Waals surface area (Å²) in [4.78, 5) is 73.0. The first kappa shape index (κ1) is 99.1. The Morgan fingerprint density at radius 1 is 0.267 bits per heavy atom. The van der Waals surface area contributed by atoms with Crippen molar-refractivity contribution < 1.29 is 80.2 Å². The second kappa shape index (κ2) is 72.3. The summed E-state index contributed by atoms with van der Waals surface area (Å²) < 4.78 is 68.7. The molecule has 101 heavy (non-hydrogen) atoms. The zero-order valence-corrected chi connectivity index (χ0v) is 68.2. The Morgan fingerprint density at radius 3 is 0.673 bits per heavy atom. The van der Waals surface area contributed by atoms with E-state index in [9.17, 15) is 43.2 Å². The zero-order valence-electron chi connectivity index (χ0n) is 66.4. The lowest BCUT2D eigenvalue weighted by Gasteiger charge is -2.21. The average molecular weight is 1480 g/mol. The maximum absolute atomic E-state index is 13.1.